The van der Waals surface area contributed by atoms with Crippen molar-refractivity contribution in [1.82, 2.24) is 4.31 Å². The summed E-state index contributed by atoms with van der Waals surface area (Å²) in [6.45, 7) is 4.24. The summed E-state index contributed by atoms with van der Waals surface area (Å²) >= 11 is 1.49. The topological polar surface area (TPSA) is 55.8 Å². The molecule has 5 nitrogen and oxygen atoms in total. The summed E-state index contributed by atoms with van der Waals surface area (Å²) in [4.78, 5) is 2.20. The van der Waals surface area contributed by atoms with Crippen LogP contribution < -0.4 is 9.47 Å². The summed E-state index contributed by atoms with van der Waals surface area (Å²) in [5.41, 5.74) is 0.861. The molecule has 7 heteroatoms. The number of hydrogen-bond donors (Lipinski definition) is 0. The van der Waals surface area contributed by atoms with Gasteiger partial charge in [-0.3, -0.25) is 0 Å². The van der Waals surface area contributed by atoms with Gasteiger partial charge in [-0.25, -0.2) is 8.42 Å². The van der Waals surface area contributed by atoms with Crippen LogP contribution in [-0.2, 0) is 16.6 Å². The Bertz CT molecular complexity index is 811. The van der Waals surface area contributed by atoms with Crippen LogP contribution in [0.3, 0.4) is 0 Å². The van der Waals surface area contributed by atoms with Gasteiger partial charge in [0.25, 0.3) is 0 Å². The first-order chi connectivity index (χ1) is 10.4. The predicted molar refractivity (Wildman–Crippen MR) is 85.0 cm³/mol. The van der Waals surface area contributed by atoms with Crippen LogP contribution in [0.15, 0.2) is 29.2 Å². The summed E-state index contributed by atoms with van der Waals surface area (Å²) in [7, 11) is -1.90. The molecule has 0 amide bonds. The third-order valence-electron chi connectivity index (χ3n) is 3.53. The lowest BCUT2D eigenvalue weighted by molar-refractivity contribution is 0.174. The molecule has 0 aliphatic carbocycles. The Labute approximate surface area is 134 Å². The molecule has 1 aliphatic heterocycles. The zero-order valence-corrected chi connectivity index (χ0v) is 14.3. The molecule has 0 bridgehead atoms. The highest BCUT2D eigenvalue weighted by atomic mass is 32.2. The molecule has 2 heterocycles. The van der Waals surface area contributed by atoms with E-state index < -0.39 is 10.0 Å². The average Bonchev–Trinajstić information content (AvgIpc) is 3.04. The van der Waals surface area contributed by atoms with E-state index in [-0.39, 0.29) is 13.3 Å². The van der Waals surface area contributed by atoms with Gasteiger partial charge in [0.2, 0.25) is 16.8 Å². The number of aryl methyl sites for hydroxylation is 2. The lowest BCUT2D eigenvalue weighted by Gasteiger charge is -2.17. The minimum Gasteiger partial charge on any atom is -0.454 e. The van der Waals surface area contributed by atoms with Crippen LogP contribution in [0.1, 0.15) is 15.3 Å². The van der Waals surface area contributed by atoms with E-state index in [0.29, 0.717) is 16.4 Å². The molecule has 1 aromatic heterocycles. The molecule has 0 N–H and O–H groups in total. The first-order valence-corrected chi connectivity index (χ1v) is 9.05. The second-order valence-electron chi connectivity index (χ2n) is 5.23. The molecule has 0 saturated heterocycles. The van der Waals surface area contributed by atoms with Gasteiger partial charge in [-0.05, 0) is 37.6 Å². The number of ether oxygens (including phenoxy) is 2. The standard InChI is InChI=1S/C15H17NO4S2/c1-10-6-15(11(2)21-10)22(17,18)16(3)8-12-4-5-13-14(7-12)20-9-19-13/h4-7H,8-9H2,1-3H3. The fourth-order valence-corrected chi connectivity index (χ4v) is 5.09. The van der Waals surface area contributed by atoms with Gasteiger partial charge in [-0.2, -0.15) is 4.31 Å². The molecule has 0 radical (unpaired) electrons. The maximum absolute atomic E-state index is 12.7. The number of benzene rings is 1. The van der Waals surface area contributed by atoms with E-state index in [1.807, 2.05) is 26.0 Å². The SMILES string of the molecule is Cc1cc(S(=O)(=O)N(C)Cc2ccc3c(c2)OCO3)c(C)s1. The van der Waals surface area contributed by atoms with E-state index >= 15 is 0 Å². The number of rotatable bonds is 4. The van der Waals surface area contributed by atoms with Crippen LogP contribution in [-0.4, -0.2) is 26.6 Å². The smallest absolute Gasteiger partial charge is 0.244 e. The highest BCUT2D eigenvalue weighted by molar-refractivity contribution is 7.89. The number of nitrogens with zero attached hydrogens (tertiary/aromatic N) is 1. The normalized spacial score (nSPS) is 13.8. The van der Waals surface area contributed by atoms with Gasteiger partial charge in [0, 0.05) is 23.3 Å². The molecule has 0 fully saturated rings. The van der Waals surface area contributed by atoms with E-state index in [0.717, 1.165) is 15.3 Å². The quantitative estimate of drug-likeness (QED) is 0.859. The van der Waals surface area contributed by atoms with Gasteiger partial charge in [-0.15, -0.1) is 11.3 Å². The molecule has 0 spiro atoms. The highest BCUT2D eigenvalue weighted by Crippen LogP contribution is 2.33. The molecule has 118 valence electrons. The molecule has 2 aromatic rings. The monoisotopic (exact) mass is 339 g/mol. The Kier molecular flexibility index (Phi) is 3.88. The summed E-state index contributed by atoms with van der Waals surface area (Å²) in [6.07, 6.45) is 0. The highest BCUT2D eigenvalue weighted by Gasteiger charge is 2.25. The second kappa shape index (κ2) is 5.57. The summed E-state index contributed by atoms with van der Waals surface area (Å²) in [5.74, 6) is 1.35. The van der Waals surface area contributed by atoms with Crippen molar-refractivity contribution in [3.8, 4) is 11.5 Å². The molecule has 0 atom stereocenters. The molecule has 1 aromatic carbocycles. The Balaban J connectivity index is 1.84. The first-order valence-electron chi connectivity index (χ1n) is 6.80. The predicted octanol–water partition coefficient (Wildman–Crippen LogP) is 2.91. The largest absolute Gasteiger partial charge is 0.454 e. The second-order valence-corrected chi connectivity index (χ2v) is 8.70. The van der Waals surface area contributed by atoms with Crippen molar-refractivity contribution in [1.29, 1.82) is 0 Å². The summed E-state index contributed by atoms with van der Waals surface area (Å²) in [5, 5.41) is 0. The summed E-state index contributed by atoms with van der Waals surface area (Å²) in [6, 6.07) is 7.20. The van der Waals surface area contributed by atoms with Crippen molar-refractivity contribution < 1.29 is 17.9 Å². The van der Waals surface area contributed by atoms with Crippen LogP contribution in [0.25, 0.3) is 0 Å². The maximum Gasteiger partial charge on any atom is 0.244 e. The molecule has 1 aliphatic rings. The Morgan fingerprint density at radius 2 is 1.91 bits per heavy atom. The number of thiophene rings is 1. The van der Waals surface area contributed by atoms with Gasteiger partial charge in [0.15, 0.2) is 11.5 Å². The minimum atomic E-state index is -3.49. The van der Waals surface area contributed by atoms with Gasteiger partial charge in [0.1, 0.15) is 0 Å². The fraction of sp³-hybridized carbons (Fsp3) is 0.333. The third-order valence-corrected chi connectivity index (χ3v) is 6.55. The molecule has 0 unspecified atom stereocenters. The van der Waals surface area contributed by atoms with Gasteiger partial charge < -0.3 is 9.47 Å². The van der Waals surface area contributed by atoms with Crippen molar-refractivity contribution >= 4 is 21.4 Å². The van der Waals surface area contributed by atoms with Crippen LogP contribution in [0.5, 0.6) is 11.5 Å². The number of hydrogen-bond acceptors (Lipinski definition) is 5. The van der Waals surface area contributed by atoms with Crippen molar-refractivity contribution in [2.45, 2.75) is 25.3 Å². The fourth-order valence-electron chi connectivity index (χ4n) is 2.41. The van der Waals surface area contributed by atoms with E-state index in [1.54, 1.807) is 19.2 Å². The number of fused-ring (bicyclic) bond motifs is 1. The molecule has 22 heavy (non-hydrogen) atoms. The van der Waals surface area contributed by atoms with Crippen LogP contribution in [0.4, 0.5) is 0 Å². The van der Waals surface area contributed by atoms with E-state index in [4.69, 9.17) is 9.47 Å². The van der Waals surface area contributed by atoms with Gasteiger partial charge in [-0.1, -0.05) is 6.07 Å². The lowest BCUT2D eigenvalue weighted by Crippen LogP contribution is -2.26. The van der Waals surface area contributed by atoms with E-state index in [9.17, 15) is 8.42 Å². The minimum absolute atomic E-state index is 0.209. The van der Waals surface area contributed by atoms with Gasteiger partial charge in [0.05, 0.1) is 4.90 Å². The lowest BCUT2D eigenvalue weighted by atomic mass is 10.2. The van der Waals surface area contributed by atoms with Gasteiger partial charge >= 0.3 is 0 Å². The van der Waals surface area contributed by atoms with Crippen molar-refractivity contribution in [3.05, 3.63) is 39.6 Å². The number of sulfonamides is 1. The summed E-state index contributed by atoms with van der Waals surface area (Å²) < 4.78 is 37.3. The van der Waals surface area contributed by atoms with Crippen LogP contribution in [0, 0.1) is 13.8 Å². The molecule has 3 rings (SSSR count). The Morgan fingerprint density at radius 3 is 2.59 bits per heavy atom. The zero-order chi connectivity index (χ0) is 15.9. The van der Waals surface area contributed by atoms with E-state index in [2.05, 4.69) is 0 Å². The molecule has 0 saturated carbocycles. The van der Waals surface area contributed by atoms with Crippen molar-refractivity contribution in [2.75, 3.05) is 13.8 Å². The van der Waals surface area contributed by atoms with Crippen LogP contribution in [0.2, 0.25) is 0 Å². The first kappa shape index (κ1) is 15.3. The Morgan fingerprint density at radius 1 is 1.18 bits per heavy atom. The zero-order valence-electron chi connectivity index (χ0n) is 12.6. The third kappa shape index (κ3) is 2.71. The molecular weight excluding hydrogens is 322 g/mol. The van der Waals surface area contributed by atoms with Crippen molar-refractivity contribution in [3.63, 3.8) is 0 Å². The molecular formula is C15H17NO4S2. The Hall–Kier alpha value is -1.57. The van der Waals surface area contributed by atoms with Crippen molar-refractivity contribution in [2.24, 2.45) is 0 Å². The average molecular weight is 339 g/mol. The van der Waals surface area contributed by atoms with E-state index in [1.165, 1.54) is 15.6 Å². The van der Waals surface area contributed by atoms with Crippen LogP contribution >= 0.6 is 11.3 Å². The maximum atomic E-state index is 12.7.